The zero-order valence-corrected chi connectivity index (χ0v) is 13.1. The fourth-order valence-corrected chi connectivity index (χ4v) is 3.27. The summed E-state index contributed by atoms with van der Waals surface area (Å²) in [4.78, 5) is 32.9. The summed E-state index contributed by atoms with van der Waals surface area (Å²) >= 11 is 0. The molecular formula is C15H22N4O3. The zero-order valence-electron chi connectivity index (χ0n) is 13.1. The smallest absolute Gasteiger partial charge is 0.290 e. The summed E-state index contributed by atoms with van der Waals surface area (Å²) in [6, 6.07) is 0. The third-order valence-electron chi connectivity index (χ3n) is 4.55. The monoisotopic (exact) mass is 306 g/mol. The van der Waals surface area contributed by atoms with Gasteiger partial charge in [-0.05, 0) is 19.3 Å². The summed E-state index contributed by atoms with van der Waals surface area (Å²) in [7, 11) is 3.60. The minimum atomic E-state index is -0.885. The van der Waals surface area contributed by atoms with Gasteiger partial charge in [-0.25, -0.2) is 4.98 Å². The van der Waals surface area contributed by atoms with Crippen molar-refractivity contribution in [3.8, 4) is 0 Å². The normalized spacial score (nSPS) is 26.4. The maximum Gasteiger partial charge on any atom is 0.290 e. The van der Waals surface area contributed by atoms with Crippen molar-refractivity contribution >= 4 is 11.8 Å². The molecule has 7 heteroatoms. The number of nitrogens with zero attached hydrogens (tertiary/aromatic N) is 4. The third kappa shape index (κ3) is 2.49. The molecule has 3 rings (SSSR count). The van der Waals surface area contributed by atoms with Gasteiger partial charge in [0.15, 0.2) is 11.4 Å². The number of hydrogen-bond donors (Lipinski definition) is 0. The van der Waals surface area contributed by atoms with Crippen LogP contribution in [0, 0.1) is 0 Å². The third-order valence-corrected chi connectivity index (χ3v) is 4.55. The fraction of sp³-hybridized carbons (Fsp3) is 0.667. The van der Waals surface area contributed by atoms with Crippen LogP contribution in [0.1, 0.15) is 29.9 Å². The van der Waals surface area contributed by atoms with Crippen molar-refractivity contribution in [2.45, 2.75) is 24.9 Å². The van der Waals surface area contributed by atoms with Crippen LogP contribution in [0.15, 0.2) is 12.4 Å². The number of rotatable bonds is 1. The summed E-state index contributed by atoms with van der Waals surface area (Å²) in [6.45, 7) is 1.93. The molecule has 1 spiro atoms. The van der Waals surface area contributed by atoms with Crippen LogP contribution in [0.2, 0.25) is 0 Å². The molecule has 1 unspecified atom stereocenters. The lowest BCUT2D eigenvalue weighted by atomic mass is 9.94. The van der Waals surface area contributed by atoms with E-state index in [1.807, 2.05) is 0 Å². The highest BCUT2D eigenvalue weighted by atomic mass is 16.5. The van der Waals surface area contributed by atoms with Crippen LogP contribution in [0.25, 0.3) is 0 Å². The summed E-state index contributed by atoms with van der Waals surface area (Å²) in [5.74, 6) is 0.240. The molecule has 0 saturated carbocycles. The SMILES string of the molecule is CN1CCCCC2(CN(C(=O)c3nccn3C)CCO2)C1=O. The van der Waals surface area contributed by atoms with Crippen molar-refractivity contribution in [3.05, 3.63) is 18.2 Å². The molecule has 7 nitrogen and oxygen atoms in total. The molecule has 0 bridgehead atoms. The predicted molar refractivity (Wildman–Crippen MR) is 79.3 cm³/mol. The van der Waals surface area contributed by atoms with E-state index >= 15 is 0 Å². The number of amides is 2. The van der Waals surface area contributed by atoms with E-state index in [9.17, 15) is 9.59 Å². The molecule has 2 aliphatic heterocycles. The minimum absolute atomic E-state index is 0.0117. The largest absolute Gasteiger partial charge is 0.361 e. The molecule has 0 aliphatic carbocycles. The average molecular weight is 306 g/mol. The summed E-state index contributed by atoms with van der Waals surface area (Å²) in [5.41, 5.74) is -0.885. The summed E-state index contributed by atoms with van der Waals surface area (Å²) in [6.07, 6.45) is 5.92. The number of carbonyl (C=O) groups is 2. The Hall–Kier alpha value is -1.89. The van der Waals surface area contributed by atoms with E-state index in [4.69, 9.17) is 4.74 Å². The van der Waals surface area contributed by atoms with Crippen LogP contribution in [0.5, 0.6) is 0 Å². The Morgan fingerprint density at radius 3 is 2.86 bits per heavy atom. The quantitative estimate of drug-likeness (QED) is 0.747. The van der Waals surface area contributed by atoms with E-state index in [1.165, 1.54) is 0 Å². The predicted octanol–water partition coefficient (Wildman–Crippen LogP) is 0.274. The number of hydrogen-bond acceptors (Lipinski definition) is 4. The average Bonchev–Trinajstić information content (AvgIpc) is 2.91. The van der Waals surface area contributed by atoms with Gasteiger partial charge in [-0.15, -0.1) is 0 Å². The van der Waals surface area contributed by atoms with Gasteiger partial charge < -0.3 is 19.1 Å². The van der Waals surface area contributed by atoms with E-state index < -0.39 is 5.60 Å². The Kier molecular flexibility index (Phi) is 3.90. The second kappa shape index (κ2) is 5.72. The first-order chi connectivity index (χ1) is 10.5. The first-order valence-electron chi connectivity index (χ1n) is 7.70. The van der Waals surface area contributed by atoms with Crippen molar-refractivity contribution in [2.24, 2.45) is 7.05 Å². The molecule has 0 radical (unpaired) electrons. The molecule has 2 amide bonds. The molecule has 2 aliphatic rings. The van der Waals surface area contributed by atoms with Gasteiger partial charge in [-0.2, -0.15) is 0 Å². The second-order valence-electron chi connectivity index (χ2n) is 6.12. The maximum atomic E-state index is 12.7. The molecule has 1 atom stereocenters. The standard InChI is InChI=1S/C15H22N4O3/c1-17-8-6-16-12(17)13(20)19-9-10-22-15(11-19)5-3-4-7-18(2)14(15)21/h6,8H,3-5,7,9-11H2,1-2H3. The van der Waals surface area contributed by atoms with E-state index in [-0.39, 0.29) is 11.8 Å². The molecule has 0 N–H and O–H groups in total. The zero-order chi connectivity index (χ0) is 15.7. The van der Waals surface area contributed by atoms with Crippen LogP contribution < -0.4 is 0 Å². The van der Waals surface area contributed by atoms with Crippen molar-refractivity contribution in [3.63, 3.8) is 0 Å². The van der Waals surface area contributed by atoms with Crippen molar-refractivity contribution < 1.29 is 14.3 Å². The van der Waals surface area contributed by atoms with Gasteiger partial charge in [0.25, 0.3) is 11.8 Å². The Labute approximate surface area is 129 Å². The van der Waals surface area contributed by atoms with Crippen LogP contribution in [-0.4, -0.2) is 70.1 Å². The number of aromatic nitrogens is 2. The Bertz CT molecular complexity index is 585. The van der Waals surface area contributed by atoms with Crippen LogP contribution in [-0.2, 0) is 16.6 Å². The Balaban J connectivity index is 1.83. The van der Waals surface area contributed by atoms with Gasteiger partial charge in [0.05, 0.1) is 13.2 Å². The lowest BCUT2D eigenvalue weighted by molar-refractivity contribution is -0.166. The molecule has 2 fully saturated rings. The van der Waals surface area contributed by atoms with Crippen molar-refractivity contribution in [1.82, 2.24) is 19.4 Å². The first-order valence-corrected chi connectivity index (χ1v) is 7.70. The molecule has 120 valence electrons. The van der Waals surface area contributed by atoms with Gasteiger partial charge in [-0.1, -0.05) is 0 Å². The molecule has 0 aromatic carbocycles. The highest BCUT2D eigenvalue weighted by molar-refractivity contribution is 5.92. The number of morpholine rings is 1. The number of aryl methyl sites for hydroxylation is 1. The Morgan fingerprint density at radius 2 is 2.14 bits per heavy atom. The van der Waals surface area contributed by atoms with Crippen molar-refractivity contribution in [1.29, 1.82) is 0 Å². The number of imidazole rings is 1. The molecular weight excluding hydrogens is 284 g/mol. The topological polar surface area (TPSA) is 67.7 Å². The summed E-state index contributed by atoms with van der Waals surface area (Å²) in [5, 5.41) is 0. The van der Waals surface area contributed by atoms with Gasteiger partial charge in [0.1, 0.15) is 0 Å². The number of ether oxygens (including phenoxy) is 1. The van der Waals surface area contributed by atoms with E-state index in [2.05, 4.69) is 4.98 Å². The lowest BCUT2D eigenvalue weighted by Crippen LogP contribution is -2.60. The molecule has 1 aromatic heterocycles. The van der Waals surface area contributed by atoms with Crippen LogP contribution in [0.4, 0.5) is 0 Å². The first kappa shape index (κ1) is 15.0. The van der Waals surface area contributed by atoms with E-state index in [0.29, 0.717) is 31.9 Å². The number of likely N-dealkylation sites (N-methyl/N-ethyl adjacent to an activating group) is 1. The molecule has 3 heterocycles. The highest BCUT2D eigenvalue weighted by Gasteiger charge is 2.47. The fourth-order valence-electron chi connectivity index (χ4n) is 3.27. The van der Waals surface area contributed by atoms with Gasteiger partial charge in [0, 0.05) is 39.6 Å². The number of likely N-dealkylation sites (tertiary alicyclic amines) is 1. The molecule has 22 heavy (non-hydrogen) atoms. The maximum absolute atomic E-state index is 12.7. The van der Waals surface area contributed by atoms with E-state index in [0.717, 1.165) is 19.4 Å². The summed E-state index contributed by atoms with van der Waals surface area (Å²) < 4.78 is 7.58. The highest BCUT2D eigenvalue weighted by Crippen LogP contribution is 2.29. The van der Waals surface area contributed by atoms with Gasteiger partial charge in [0.2, 0.25) is 0 Å². The number of carbonyl (C=O) groups excluding carboxylic acids is 2. The van der Waals surface area contributed by atoms with Crippen molar-refractivity contribution in [2.75, 3.05) is 33.3 Å². The minimum Gasteiger partial charge on any atom is -0.361 e. The Morgan fingerprint density at radius 1 is 1.32 bits per heavy atom. The van der Waals surface area contributed by atoms with E-state index in [1.54, 1.807) is 40.9 Å². The van der Waals surface area contributed by atoms with Gasteiger partial charge >= 0.3 is 0 Å². The lowest BCUT2D eigenvalue weighted by Gasteiger charge is -2.42. The van der Waals surface area contributed by atoms with Crippen LogP contribution in [0.3, 0.4) is 0 Å². The second-order valence-corrected chi connectivity index (χ2v) is 6.12. The van der Waals surface area contributed by atoms with Gasteiger partial charge in [-0.3, -0.25) is 9.59 Å². The molecule has 1 aromatic rings. The van der Waals surface area contributed by atoms with Crippen LogP contribution >= 0.6 is 0 Å². The molecule has 2 saturated heterocycles.